The Morgan fingerprint density at radius 1 is 1.37 bits per heavy atom. The van der Waals surface area contributed by atoms with E-state index < -0.39 is 0 Å². The van der Waals surface area contributed by atoms with Gasteiger partial charge in [-0.1, -0.05) is 12.1 Å². The van der Waals surface area contributed by atoms with Crippen LogP contribution >= 0.6 is 0 Å². The number of likely N-dealkylation sites (tertiary alicyclic amines) is 1. The van der Waals surface area contributed by atoms with Gasteiger partial charge in [-0.25, -0.2) is 10.6 Å². The maximum Gasteiger partial charge on any atom is 0.414 e. The number of anilines is 1. The van der Waals surface area contributed by atoms with Gasteiger partial charge in [0.15, 0.2) is 0 Å². The summed E-state index contributed by atoms with van der Waals surface area (Å²) in [6.45, 7) is 4.09. The molecular weight excluding hydrogens is 346 g/mol. The standard InChI is InChI=1S/C19H25N5O3/c1-13(25)22-9-15-8-19(15,12-22)14-2-4-16(5-3-14)24-11-17(27-18(24)26)10-23(21)7-6-20/h2-7,15,17H,8-12,20-21H2,1H3/b7-6-. The molecule has 1 aromatic rings. The van der Waals surface area contributed by atoms with Crippen LogP contribution in [-0.4, -0.2) is 54.2 Å². The number of ether oxygens (including phenoxy) is 1. The Bertz CT molecular complexity index is 780. The van der Waals surface area contributed by atoms with Crippen molar-refractivity contribution in [3.63, 3.8) is 0 Å². The molecule has 3 atom stereocenters. The first kappa shape index (κ1) is 17.7. The molecule has 3 unspecified atom stereocenters. The molecule has 1 aromatic carbocycles. The number of piperidine rings is 1. The minimum absolute atomic E-state index is 0.104. The van der Waals surface area contributed by atoms with Crippen LogP contribution in [0.4, 0.5) is 10.5 Å². The summed E-state index contributed by atoms with van der Waals surface area (Å²) in [7, 11) is 0. The average Bonchev–Trinajstić information content (AvgIpc) is 3.00. The number of fused-ring (bicyclic) bond motifs is 1. The molecule has 27 heavy (non-hydrogen) atoms. The number of cyclic esters (lactones) is 1. The normalized spacial score (nSPS) is 29.2. The fourth-order valence-electron chi connectivity index (χ4n) is 4.38. The van der Waals surface area contributed by atoms with Gasteiger partial charge in [-0.3, -0.25) is 9.69 Å². The smallest absolute Gasteiger partial charge is 0.414 e. The Morgan fingerprint density at radius 2 is 2.11 bits per heavy atom. The summed E-state index contributed by atoms with van der Waals surface area (Å²) >= 11 is 0. The van der Waals surface area contributed by atoms with E-state index in [4.69, 9.17) is 16.3 Å². The van der Waals surface area contributed by atoms with Crippen LogP contribution < -0.4 is 16.5 Å². The summed E-state index contributed by atoms with van der Waals surface area (Å²) in [6, 6.07) is 8.07. The van der Waals surface area contributed by atoms with Crippen LogP contribution in [-0.2, 0) is 14.9 Å². The Morgan fingerprint density at radius 3 is 2.74 bits per heavy atom. The van der Waals surface area contributed by atoms with Crippen LogP contribution in [0.2, 0.25) is 0 Å². The molecule has 4 N–H and O–H groups in total. The quantitative estimate of drug-likeness (QED) is 0.584. The summed E-state index contributed by atoms with van der Waals surface area (Å²) in [6.07, 6.45) is 3.31. The number of carbonyl (C=O) groups is 2. The van der Waals surface area contributed by atoms with Crippen molar-refractivity contribution in [3.05, 3.63) is 42.2 Å². The van der Waals surface area contributed by atoms with Crippen molar-refractivity contribution in [3.8, 4) is 0 Å². The molecule has 144 valence electrons. The Hall–Kier alpha value is -2.74. The van der Waals surface area contributed by atoms with Crippen molar-refractivity contribution in [2.24, 2.45) is 17.5 Å². The molecule has 0 radical (unpaired) electrons. The molecule has 1 aliphatic carbocycles. The summed E-state index contributed by atoms with van der Waals surface area (Å²) in [5.41, 5.74) is 7.46. The maximum absolute atomic E-state index is 12.2. The van der Waals surface area contributed by atoms with Gasteiger partial charge in [0.2, 0.25) is 5.91 Å². The summed E-state index contributed by atoms with van der Waals surface area (Å²) in [5, 5.41) is 1.40. The van der Waals surface area contributed by atoms with Crippen molar-refractivity contribution in [1.82, 2.24) is 9.91 Å². The molecule has 0 spiro atoms. The van der Waals surface area contributed by atoms with Crippen molar-refractivity contribution in [1.29, 1.82) is 0 Å². The topological polar surface area (TPSA) is 105 Å². The second-order valence-electron chi connectivity index (χ2n) is 7.66. The number of hydrogen-bond acceptors (Lipinski definition) is 6. The van der Waals surface area contributed by atoms with Crippen LogP contribution in [0.25, 0.3) is 0 Å². The number of amides is 2. The summed E-state index contributed by atoms with van der Waals surface area (Å²) in [4.78, 5) is 27.4. The van der Waals surface area contributed by atoms with Crippen LogP contribution in [0.1, 0.15) is 18.9 Å². The average molecular weight is 371 g/mol. The number of rotatable bonds is 5. The van der Waals surface area contributed by atoms with Crippen molar-refractivity contribution >= 4 is 17.7 Å². The predicted molar refractivity (Wildman–Crippen MR) is 100 cm³/mol. The second kappa shape index (κ2) is 6.45. The van der Waals surface area contributed by atoms with Gasteiger partial charge in [0.05, 0.1) is 13.1 Å². The highest BCUT2D eigenvalue weighted by Crippen LogP contribution is 2.59. The van der Waals surface area contributed by atoms with E-state index >= 15 is 0 Å². The van der Waals surface area contributed by atoms with E-state index in [0.29, 0.717) is 19.0 Å². The first-order chi connectivity index (χ1) is 12.9. The second-order valence-corrected chi connectivity index (χ2v) is 7.66. The Kier molecular flexibility index (Phi) is 4.22. The lowest BCUT2D eigenvalue weighted by Crippen LogP contribution is -2.36. The fourth-order valence-corrected chi connectivity index (χ4v) is 4.38. The number of carbonyl (C=O) groups excluding carboxylic acids is 2. The Labute approximate surface area is 158 Å². The lowest BCUT2D eigenvalue weighted by Gasteiger charge is -2.20. The number of nitrogens with zero attached hydrogens (tertiary/aromatic N) is 3. The van der Waals surface area contributed by atoms with Crippen molar-refractivity contribution in [2.45, 2.75) is 24.9 Å². The lowest BCUT2D eigenvalue weighted by atomic mass is 9.94. The number of hydrogen-bond donors (Lipinski definition) is 2. The van der Waals surface area contributed by atoms with Gasteiger partial charge in [-0.15, -0.1) is 0 Å². The van der Waals surface area contributed by atoms with Crippen LogP contribution in [0.3, 0.4) is 0 Å². The number of nitrogens with two attached hydrogens (primary N) is 2. The monoisotopic (exact) mass is 371 g/mol. The molecule has 2 heterocycles. The summed E-state index contributed by atoms with van der Waals surface area (Å²) in [5.74, 6) is 6.46. The third kappa shape index (κ3) is 3.10. The highest BCUT2D eigenvalue weighted by Gasteiger charge is 2.61. The molecule has 0 bridgehead atoms. The summed E-state index contributed by atoms with van der Waals surface area (Å²) < 4.78 is 5.39. The first-order valence-corrected chi connectivity index (χ1v) is 9.17. The third-order valence-electron chi connectivity index (χ3n) is 5.91. The lowest BCUT2D eigenvalue weighted by molar-refractivity contribution is -0.128. The van der Waals surface area contributed by atoms with E-state index in [1.807, 2.05) is 17.0 Å². The van der Waals surface area contributed by atoms with E-state index in [0.717, 1.165) is 25.2 Å². The molecule has 1 saturated carbocycles. The van der Waals surface area contributed by atoms with E-state index in [9.17, 15) is 9.59 Å². The highest BCUT2D eigenvalue weighted by molar-refractivity contribution is 5.89. The highest BCUT2D eigenvalue weighted by atomic mass is 16.6. The fraction of sp³-hybridized carbons (Fsp3) is 0.474. The van der Waals surface area contributed by atoms with E-state index in [2.05, 4.69) is 12.1 Å². The third-order valence-corrected chi connectivity index (χ3v) is 5.91. The number of benzene rings is 1. The Balaban J connectivity index is 1.43. The van der Waals surface area contributed by atoms with Gasteiger partial charge in [0.25, 0.3) is 0 Å². The molecule has 4 rings (SSSR count). The van der Waals surface area contributed by atoms with Gasteiger partial charge < -0.3 is 20.4 Å². The van der Waals surface area contributed by atoms with Crippen LogP contribution in [0.15, 0.2) is 36.7 Å². The van der Waals surface area contributed by atoms with Crippen LogP contribution in [0, 0.1) is 5.92 Å². The molecule has 0 aromatic heterocycles. The van der Waals surface area contributed by atoms with Crippen LogP contribution in [0.5, 0.6) is 0 Å². The van der Waals surface area contributed by atoms with Gasteiger partial charge >= 0.3 is 6.09 Å². The molecule has 2 aliphatic heterocycles. The molecule has 2 saturated heterocycles. The largest absolute Gasteiger partial charge is 0.442 e. The minimum Gasteiger partial charge on any atom is -0.442 e. The molecular formula is C19H25N5O3. The zero-order valence-corrected chi connectivity index (χ0v) is 15.4. The minimum atomic E-state index is -0.371. The van der Waals surface area contributed by atoms with Gasteiger partial charge in [-0.05, 0) is 30.0 Å². The predicted octanol–water partition coefficient (Wildman–Crippen LogP) is 0.737. The molecule has 3 aliphatic rings. The first-order valence-electron chi connectivity index (χ1n) is 9.17. The van der Waals surface area contributed by atoms with E-state index in [1.165, 1.54) is 23.0 Å². The number of hydrazine groups is 1. The van der Waals surface area contributed by atoms with Crippen molar-refractivity contribution < 1.29 is 14.3 Å². The van der Waals surface area contributed by atoms with E-state index in [1.54, 1.807) is 11.8 Å². The van der Waals surface area contributed by atoms with Gasteiger partial charge in [-0.2, -0.15) is 0 Å². The molecule has 2 amide bonds. The van der Waals surface area contributed by atoms with Crippen molar-refractivity contribution in [2.75, 3.05) is 31.1 Å². The SMILES string of the molecule is CC(=O)N1CC2CC2(c2ccc(N3CC(CN(N)/C=C\N)OC3=O)cc2)C1. The zero-order chi connectivity index (χ0) is 19.2. The zero-order valence-electron chi connectivity index (χ0n) is 15.4. The molecule has 8 heteroatoms. The maximum atomic E-state index is 12.2. The van der Waals surface area contributed by atoms with Gasteiger partial charge in [0.1, 0.15) is 6.10 Å². The molecule has 3 fully saturated rings. The molecule has 8 nitrogen and oxygen atoms in total. The van der Waals surface area contributed by atoms with E-state index in [-0.39, 0.29) is 23.5 Å². The van der Waals surface area contributed by atoms with Gasteiger partial charge in [0, 0.05) is 43.5 Å².